The molecule has 0 unspecified atom stereocenters. The first kappa shape index (κ1) is 14.8. The van der Waals surface area contributed by atoms with Gasteiger partial charge in [0, 0.05) is 32.3 Å². The minimum Gasteiger partial charge on any atom is -0.481 e. The van der Waals surface area contributed by atoms with Crippen LogP contribution >= 0.6 is 0 Å². The summed E-state index contributed by atoms with van der Waals surface area (Å²) < 4.78 is 5.31. The van der Waals surface area contributed by atoms with Crippen LogP contribution in [0.25, 0.3) is 0 Å². The lowest BCUT2D eigenvalue weighted by atomic mass is 10.3. The second kappa shape index (κ2) is 7.20. The minimum atomic E-state index is -0.882. The fraction of sp³-hybridized carbons (Fsp3) is 0.833. The van der Waals surface area contributed by atoms with E-state index >= 15 is 0 Å². The van der Waals surface area contributed by atoms with Gasteiger partial charge in [0.15, 0.2) is 0 Å². The number of carboxylic acid groups (broad SMARTS) is 1. The first-order valence-electron chi connectivity index (χ1n) is 6.37. The van der Waals surface area contributed by atoms with E-state index in [0.29, 0.717) is 26.3 Å². The van der Waals surface area contributed by atoms with E-state index < -0.39 is 5.97 Å². The Kier molecular flexibility index (Phi) is 5.91. The molecule has 0 aromatic rings. The molecule has 0 radical (unpaired) electrons. The van der Waals surface area contributed by atoms with Gasteiger partial charge in [-0.2, -0.15) is 0 Å². The van der Waals surface area contributed by atoms with Crippen LogP contribution in [0.2, 0.25) is 0 Å². The Morgan fingerprint density at radius 3 is 2.67 bits per heavy atom. The van der Waals surface area contributed by atoms with E-state index in [-0.39, 0.29) is 25.0 Å². The van der Waals surface area contributed by atoms with E-state index in [9.17, 15) is 9.59 Å². The van der Waals surface area contributed by atoms with Crippen molar-refractivity contribution >= 4 is 12.0 Å². The molecule has 1 fully saturated rings. The Bertz CT molecular complexity index is 286. The van der Waals surface area contributed by atoms with E-state index in [2.05, 4.69) is 0 Å². The SMILES string of the molecule is CC(C)N(CCC(=O)O)C(=O)N1CCCOCC1. The first-order valence-corrected chi connectivity index (χ1v) is 6.37. The van der Waals surface area contributed by atoms with Crippen LogP contribution in [0.3, 0.4) is 0 Å². The zero-order valence-corrected chi connectivity index (χ0v) is 11.1. The molecule has 1 aliphatic rings. The van der Waals surface area contributed by atoms with Gasteiger partial charge in [-0.3, -0.25) is 4.79 Å². The van der Waals surface area contributed by atoms with Crippen LogP contribution in [0.15, 0.2) is 0 Å². The number of carboxylic acids is 1. The Balaban J connectivity index is 2.59. The number of nitrogens with zero attached hydrogens (tertiary/aromatic N) is 2. The van der Waals surface area contributed by atoms with Crippen molar-refractivity contribution in [2.75, 3.05) is 32.8 Å². The van der Waals surface area contributed by atoms with Crippen LogP contribution in [0, 0.1) is 0 Å². The predicted octanol–water partition coefficient (Wildman–Crippen LogP) is 1.01. The molecule has 0 aromatic heterocycles. The molecule has 1 rings (SSSR count). The highest BCUT2D eigenvalue weighted by Crippen LogP contribution is 2.08. The molecule has 2 amide bonds. The highest BCUT2D eigenvalue weighted by Gasteiger charge is 2.24. The van der Waals surface area contributed by atoms with Crippen LogP contribution in [0.1, 0.15) is 26.7 Å². The second-order valence-electron chi connectivity index (χ2n) is 4.67. The zero-order chi connectivity index (χ0) is 13.5. The van der Waals surface area contributed by atoms with Gasteiger partial charge in [0.05, 0.1) is 13.0 Å². The van der Waals surface area contributed by atoms with Gasteiger partial charge in [-0.25, -0.2) is 4.79 Å². The number of aliphatic carboxylic acids is 1. The Morgan fingerprint density at radius 2 is 2.06 bits per heavy atom. The first-order chi connectivity index (χ1) is 8.52. The van der Waals surface area contributed by atoms with E-state index in [4.69, 9.17) is 9.84 Å². The topological polar surface area (TPSA) is 70.1 Å². The van der Waals surface area contributed by atoms with E-state index in [1.54, 1.807) is 9.80 Å². The minimum absolute atomic E-state index is 0.000946. The quantitative estimate of drug-likeness (QED) is 0.817. The number of ether oxygens (including phenoxy) is 1. The number of hydrogen-bond acceptors (Lipinski definition) is 3. The molecule has 18 heavy (non-hydrogen) atoms. The third-order valence-corrected chi connectivity index (χ3v) is 2.93. The summed E-state index contributed by atoms with van der Waals surface area (Å²) in [5, 5.41) is 8.71. The second-order valence-corrected chi connectivity index (χ2v) is 4.67. The molecule has 0 bridgehead atoms. The molecule has 1 heterocycles. The Morgan fingerprint density at radius 1 is 1.33 bits per heavy atom. The molecule has 6 nitrogen and oxygen atoms in total. The van der Waals surface area contributed by atoms with Gasteiger partial charge in [0.2, 0.25) is 0 Å². The van der Waals surface area contributed by atoms with Crippen molar-refractivity contribution in [2.45, 2.75) is 32.7 Å². The van der Waals surface area contributed by atoms with Crippen LogP contribution < -0.4 is 0 Å². The van der Waals surface area contributed by atoms with Crippen molar-refractivity contribution in [2.24, 2.45) is 0 Å². The van der Waals surface area contributed by atoms with Crippen molar-refractivity contribution in [3.8, 4) is 0 Å². The maximum absolute atomic E-state index is 12.3. The monoisotopic (exact) mass is 258 g/mol. The summed E-state index contributed by atoms with van der Waals surface area (Å²) in [6.07, 6.45) is 0.810. The molecule has 1 aliphatic heterocycles. The molecule has 104 valence electrons. The van der Waals surface area contributed by atoms with Crippen molar-refractivity contribution in [3.05, 3.63) is 0 Å². The summed E-state index contributed by atoms with van der Waals surface area (Å²) in [5.41, 5.74) is 0. The van der Waals surface area contributed by atoms with Gasteiger partial charge in [0.1, 0.15) is 0 Å². The average molecular weight is 258 g/mol. The summed E-state index contributed by atoms with van der Waals surface area (Å²) in [6.45, 7) is 6.53. The standard InChI is InChI=1S/C12H22N2O4/c1-10(2)14(6-4-11(15)16)12(17)13-5-3-8-18-9-7-13/h10H,3-9H2,1-2H3,(H,15,16). The van der Waals surface area contributed by atoms with E-state index in [1.165, 1.54) is 0 Å². The predicted molar refractivity (Wildman–Crippen MR) is 66.5 cm³/mol. The average Bonchev–Trinajstić information content (AvgIpc) is 2.56. The van der Waals surface area contributed by atoms with Gasteiger partial charge in [-0.1, -0.05) is 0 Å². The lowest BCUT2D eigenvalue weighted by Crippen LogP contribution is -2.48. The fourth-order valence-corrected chi connectivity index (χ4v) is 1.91. The van der Waals surface area contributed by atoms with Gasteiger partial charge >= 0.3 is 12.0 Å². The van der Waals surface area contributed by atoms with Crippen molar-refractivity contribution < 1.29 is 19.4 Å². The molecular weight excluding hydrogens is 236 g/mol. The van der Waals surface area contributed by atoms with E-state index in [1.807, 2.05) is 13.8 Å². The normalized spacial score (nSPS) is 16.5. The number of hydrogen-bond donors (Lipinski definition) is 1. The van der Waals surface area contributed by atoms with Crippen LogP contribution in [0.5, 0.6) is 0 Å². The van der Waals surface area contributed by atoms with Gasteiger partial charge in [0.25, 0.3) is 0 Å². The smallest absolute Gasteiger partial charge is 0.320 e. The molecule has 6 heteroatoms. The summed E-state index contributed by atoms with van der Waals surface area (Å²) in [7, 11) is 0. The van der Waals surface area contributed by atoms with Gasteiger partial charge < -0.3 is 19.6 Å². The van der Waals surface area contributed by atoms with Crippen molar-refractivity contribution in [3.63, 3.8) is 0 Å². The number of urea groups is 1. The highest BCUT2D eigenvalue weighted by atomic mass is 16.5. The maximum Gasteiger partial charge on any atom is 0.320 e. The van der Waals surface area contributed by atoms with Crippen molar-refractivity contribution in [1.82, 2.24) is 9.80 Å². The largest absolute Gasteiger partial charge is 0.481 e. The van der Waals surface area contributed by atoms with Crippen LogP contribution in [0.4, 0.5) is 4.79 Å². The molecule has 1 N–H and O–H groups in total. The third-order valence-electron chi connectivity index (χ3n) is 2.93. The van der Waals surface area contributed by atoms with Gasteiger partial charge in [-0.05, 0) is 20.3 Å². The molecule has 0 aromatic carbocycles. The summed E-state index contributed by atoms with van der Waals surface area (Å²) >= 11 is 0. The van der Waals surface area contributed by atoms with Crippen LogP contribution in [-0.4, -0.2) is 65.8 Å². The fourth-order valence-electron chi connectivity index (χ4n) is 1.91. The van der Waals surface area contributed by atoms with Crippen molar-refractivity contribution in [1.29, 1.82) is 0 Å². The summed E-state index contributed by atoms with van der Waals surface area (Å²) in [5.74, 6) is -0.882. The Labute approximate surface area is 107 Å². The Hall–Kier alpha value is -1.30. The molecule has 0 saturated carbocycles. The zero-order valence-electron chi connectivity index (χ0n) is 11.1. The lowest BCUT2D eigenvalue weighted by Gasteiger charge is -2.32. The lowest BCUT2D eigenvalue weighted by molar-refractivity contribution is -0.137. The number of amides is 2. The number of carbonyl (C=O) groups excluding carboxylic acids is 1. The molecule has 0 atom stereocenters. The molecule has 0 aliphatic carbocycles. The van der Waals surface area contributed by atoms with Gasteiger partial charge in [-0.15, -0.1) is 0 Å². The summed E-state index contributed by atoms with van der Waals surface area (Å²) in [4.78, 5) is 26.3. The third kappa shape index (κ3) is 4.52. The van der Waals surface area contributed by atoms with Crippen LogP contribution in [-0.2, 0) is 9.53 Å². The highest BCUT2D eigenvalue weighted by molar-refractivity contribution is 5.75. The molecule has 1 saturated heterocycles. The molecular formula is C12H22N2O4. The summed E-state index contributed by atoms with van der Waals surface area (Å²) in [6, 6.07) is -0.0854. The number of rotatable bonds is 4. The number of carbonyl (C=O) groups is 2. The van der Waals surface area contributed by atoms with E-state index in [0.717, 1.165) is 6.42 Å². The maximum atomic E-state index is 12.3. The molecule has 0 spiro atoms.